The highest BCUT2D eigenvalue weighted by Gasteiger charge is 2.35. The van der Waals surface area contributed by atoms with Crippen molar-refractivity contribution in [2.75, 3.05) is 18.5 Å². The fourth-order valence-corrected chi connectivity index (χ4v) is 4.12. The SMILES string of the molecule is CC(=O)Nc1ccc(C(=O)OCC(=O)N2CCC[C@@H]3CCCC[C@@H]32)cc1. The van der Waals surface area contributed by atoms with Gasteiger partial charge in [0.05, 0.1) is 5.56 Å². The summed E-state index contributed by atoms with van der Waals surface area (Å²) in [5.74, 6) is -0.179. The fourth-order valence-electron chi connectivity index (χ4n) is 4.12. The predicted octanol–water partition coefficient (Wildman–Crippen LogP) is 2.98. The molecule has 0 spiro atoms. The number of anilines is 1. The molecule has 6 nitrogen and oxygen atoms in total. The lowest BCUT2D eigenvalue weighted by Crippen LogP contribution is -2.50. The highest BCUT2D eigenvalue weighted by Crippen LogP contribution is 2.35. The number of ether oxygens (including phenoxy) is 1. The molecule has 26 heavy (non-hydrogen) atoms. The molecule has 2 aliphatic rings. The van der Waals surface area contributed by atoms with Crippen LogP contribution in [0.3, 0.4) is 0 Å². The second-order valence-electron chi connectivity index (χ2n) is 7.18. The van der Waals surface area contributed by atoms with Crippen LogP contribution in [-0.4, -0.2) is 41.9 Å². The lowest BCUT2D eigenvalue weighted by Gasteiger charge is -2.44. The van der Waals surface area contributed by atoms with Crippen molar-refractivity contribution in [2.45, 2.75) is 51.5 Å². The second-order valence-corrected chi connectivity index (χ2v) is 7.18. The predicted molar refractivity (Wildman–Crippen MR) is 97.7 cm³/mol. The number of hydrogen-bond acceptors (Lipinski definition) is 4. The van der Waals surface area contributed by atoms with E-state index in [1.54, 1.807) is 24.3 Å². The molecular weight excluding hydrogens is 332 g/mol. The van der Waals surface area contributed by atoms with Gasteiger partial charge >= 0.3 is 5.97 Å². The van der Waals surface area contributed by atoms with Gasteiger partial charge in [0, 0.05) is 25.2 Å². The van der Waals surface area contributed by atoms with Crippen molar-refractivity contribution in [2.24, 2.45) is 5.92 Å². The molecule has 1 aromatic rings. The molecule has 1 saturated carbocycles. The maximum atomic E-state index is 12.6. The summed E-state index contributed by atoms with van der Waals surface area (Å²) in [6.45, 7) is 1.98. The van der Waals surface area contributed by atoms with E-state index in [0.717, 1.165) is 19.4 Å². The van der Waals surface area contributed by atoms with E-state index in [1.807, 2.05) is 4.90 Å². The molecule has 1 aliphatic heterocycles. The van der Waals surface area contributed by atoms with Gasteiger partial charge < -0.3 is 15.0 Å². The quantitative estimate of drug-likeness (QED) is 0.840. The van der Waals surface area contributed by atoms with Gasteiger partial charge in [0.2, 0.25) is 5.91 Å². The summed E-state index contributed by atoms with van der Waals surface area (Å²) in [5, 5.41) is 2.64. The molecule has 0 unspecified atom stereocenters. The lowest BCUT2D eigenvalue weighted by molar-refractivity contribution is -0.140. The zero-order chi connectivity index (χ0) is 18.5. The smallest absolute Gasteiger partial charge is 0.338 e. The minimum Gasteiger partial charge on any atom is -0.452 e. The van der Waals surface area contributed by atoms with Crippen LogP contribution in [0.2, 0.25) is 0 Å². The molecule has 1 aromatic carbocycles. The number of nitrogens with one attached hydrogen (secondary N) is 1. The molecule has 0 radical (unpaired) electrons. The molecule has 3 rings (SSSR count). The van der Waals surface area contributed by atoms with Gasteiger partial charge in [-0.3, -0.25) is 9.59 Å². The number of rotatable bonds is 4. The number of carbonyl (C=O) groups is 3. The highest BCUT2D eigenvalue weighted by atomic mass is 16.5. The molecule has 1 N–H and O–H groups in total. The van der Waals surface area contributed by atoms with Crippen molar-refractivity contribution in [1.82, 2.24) is 4.90 Å². The second kappa shape index (κ2) is 8.34. The van der Waals surface area contributed by atoms with Crippen LogP contribution in [0.4, 0.5) is 5.69 Å². The van der Waals surface area contributed by atoms with E-state index in [1.165, 1.54) is 32.6 Å². The van der Waals surface area contributed by atoms with Gasteiger partial charge in [-0.1, -0.05) is 12.8 Å². The van der Waals surface area contributed by atoms with E-state index in [9.17, 15) is 14.4 Å². The molecule has 1 heterocycles. The Morgan fingerprint density at radius 3 is 2.50 bits per heavy atom. The molecule has 1 aliphatic carbocycles. The van der Waals surface area contributed by atoms with Crippen LogP contribution >= 0.6 is 0 Å². The zero-order valence-corrected chi connectivity index (χ0v) is 15.2. The largest absolute Gasteiger partial charge is 0.452 e. The fraction of sp³-hybridized carbons (Fsp3) is 0.550. The highest BCUT2D eigenvalue weighted by molar-refractivity contribution is 5.93. The Morgan fingerprint density at radius 2 is 1.77 bits per heavy atom. The molecule has 0 aromatic heterocycles. The number of fused-ring (bicyclic) bond motifs is 1. The summed E-state index contributed by atoms with van der Waals surface area (Å²) in [4.78, 5) is 37.7. The molecule has 2 fully saturated rings. The minimum atomic E-state index is -0.523. The number of likely N-dealkylation sites (tertiary alicyclic amines) is 1. The van der Waals surface area contributed by atoms with Crippen LogP contribution in [0.15, 0.2) is 24.3 Å². The number of hydrogen-bond donors (Lipinski definition) is 1. The number of esters is 1. The third kappa shape index (κ3) is 4.42. The Kier molecular flexibility index (Phi) is 5.91. The first-order valence-electron chi connectivity index (χ1n) is 9.39. The first kappa shape index (κ1) is 18.4. The van der Waals surface area contributed by atoms with Crippen LogP contribution in [0, 0.1) is 5.92 Å². The number of carbonyl (C=O) groups excluding carboxylic acids is 3. The van der Waals surface area contributed by atoms with Crippen molar-refractivity contribution in [3.63, 3.8) is 0 Å². The van der Waals surface area contributed by atoms with Gasteiger partial charge in [0.15, 0.2) is 6.61 Å². The van der Waals surface area contributed by atoms with Gasteiger partial charge in [-0.25, -0.2) is 4.79 Å². The van der Waals surface area contributed by atoms with Gasteiger partial charge in [-0.15, -0.1) is 0 Å². The van der Waals surface area contributed by atoms with Gasteiger partial charge in [-0.05, 0) is 55.9 Å². The van der Waals surface area contributed by atoms with Crippen LogP contribution in [0.25, 0.3) is 0 Å². The summed E-state index contributed by atoms with van der Waals surface area (Å²) >= 11 is 0. The number of nitrogens with zero attached hydrogens (tertiary/aromatic N) is 1. The van der Waals surface area contributed by atoms with E-state index < -0.39 is 5.97 Å². The van der Waals surface area contributed by atoms with Crippen molar-refractivity contribution < 1.29 is 19.1 Å². The lowest BCUT2D eigenvalue weighted by atomic mass is 9.78. The third-order valence-corrected chi connectivity index (χ3v) is 5.33. The molecule has 2 amide bonds. The maximum absolute atomic E-state index is 12.6. The molecule has 1 saturated heterocycles. The van der Waals surface area contributed by atoms with E-state index in [-0.39, 0.29) is 18.4 Å². The van der Waals surface area contributed by atoms with Crippen LogP contribution in [0.1, 0.15) is 55.8 Å². The zero-order valence-electron chi connectivity index (χ0n) is 15.2. The van der Waals surface area contributed by atoms with Crippen molar-refractivity contribution in [1.29, 1.82) is 0 Å². The molecule has 0 bridgehead atoms. The normalized spacial score (nSPS) is 22.3. The topological polar surface area (TPSA) is 75.7 Å². The van der Waals surface area contributed by atoms with Gasteiger partial charge in [-0.2, -0.15) is 0 Å². The Hall–Kier alpha value is -2.37. The third-order valence-electron chi connectivity index (χ3n) is 5.33. The Bertz CT molecular complexity index is 669. The molecule has 140 valence electrons. The maximum Gasteiger partial charge on any atom is 0.338 e. The molecule has 2 atom stereocenters. The number of amides is 2. The van der Waals surface area contributed by atoms with E-state index >= 15 is 0 Å². The van der Waals surface area contributed by atoms with Crippen LogP contribution < -0.4 is 5.32 Å². The van der Waals surface area contributed by atoms with Crippen molar-refractivity contribution >= 4 is 23.5 Å². The number of piperidine rings is 1. The standard InChI is InChI=1S/C20H26N2O4/c1-14(23)21-17-10-8-16(9-11-17)20(25)26-13-19(24)22-12-4-6-15-5-2-3-7-18(15)22/h8-11,15,18H,2-7,12-13H2,1H3,(H,21,23)/t15-,18-/m0/s1. The van der Waals surface area contributed by atoms with E-state index in [4.69, 9.17) is 4.74 Å². The first-order chi connectivity index (χ1) is 12.5. The van der Waals surface area contributed by atoms with E-state index in [2.05, 4.69) is 5.32 Å². The summed E-state index contributed by atoms with van der Waals surface area (Å²) in [6, 6.07) is 6.75. The monoisotopic (exact) mass is 358 g/mol. The molecular formula is C20H26N2O4. The summed E-state index contributed by atoms with van der Waals surface area (Å²) < 4.78 is 5.23. The number of benzene rings is 1. The van der Waals surface area contributed by atoms with Gasteiger partial charge in [0.1, 0.15) is 0 Å². The minimum absolute atomic E-state index is 0.0928. The summed E-state index contributed by atoms with van der Waals surface area (Å²) in [6.07, 6.45) is 6.93. The Labute approximate surface area is 153 Å². The Balaban J connectivity index is 1.53. The summed E-state index contributed by atoms with van der Waals surface area (Å²) in [5.41, 5.74) is 0.975. The Morgan fingerprint density at radius 1 is 1.08 bits per heavy atom. The first-order valence-corrected chi connectivity index (χ1v) is 9.39. The van der Waals surface area contributed by atoms with Crippen LogP contribution in [0.5, 0.6) is 0 Å². The van der Waals surface area contributed by atoms with Crippen LogP contribution in [-0.2, 0) is 14.3 Å². The van der Waals surface area contributed by atoms with Gasteiger partial charge in [0.25, 0.3) is 5.91 Å². The average molecular weight is 358 g/mol. The molecule has 6 heteroatoms. The van der Waals surface area contributed by atoms with Crippen molar-refractivity contribution in [3.05, 3.63) is 29.8 Å². The van der Waals surface area contributed by atoms with E-state index in [0.29, 0.717) is 23.2 Å². The summed E-state index contributed by atoms with van der Waals surface area (Å²) in [7, 11) is 0. The van der Waals surface area contributed by atoms with Crippen molar-refractivity contribution in [3.8, 4) is 0 Å². The average Bonchev–Trinajstić information content (AvgIpc) is 2.65.